The largest absolute Gasteiger partial charge is 0.435 e. The van der Waals surface area contributed by atoms with Crippen molar-refractivity contribution in [1.82, 2.24) is 5.32 Å². The number of carbonyl (C=O) groups excluding carboxylic acids is 1. The van der Waals surface area contributed by atoms with Crippen LogP contribution in [0.15, 0.2) is 48.5 Å². The van der Waals surface area contributed by atoms with Gasteiger partial charge < -0.3 is 15.8 Å². The molecule has 0 saturated carbocycles. The quantitative estimate of drug-likeness (QED) is 0.721. The Morgan fingerprint density at radius 1 is 1.20 bits per heavy atom. The molecule has 2 aromatic carbocycles. The predicted molar refractivity (Wildman–Crippen MR) is 96.1 cm³/mol. The van der Waals surface area contributed by atoms with Gasteiger partial charge in [0.2, 0.25) is 5.91 Å². The molecule has 2 rings (SSSR count). The molecule has 0 bridgehead atoms. The first-order chi connectivity index (χ1) is 11.5. The standard InChI is InChI=1S/C18H20F2N2O2.ClH/c1-12(14-6-4-7-15(11-14)24-18(19)20)22-17(23)10-9-13-5-2-3-8-16(13)21;/h2-8,11-12,18H,9-10,21H2,1H3,(H,22,23);1H. The summed E-state index contributed by atoms with van der Waals surface area (Å²) in [6.45, 7) is -1.09. The summed E-state index contributed by atoms with van der Waals surface area (Å²) in [5.41, 5.74) is 8.13. The Morgan fingerprint density at radius 3 is 2.60 bits per heavy atom. The van der Waals surface area contributed by atoms with Gasteiger partial charge in [0.1, 0.15) is 5.75 Å². The Kier molecular flexibility index (Phi) is 8.15. The summed E-state index contributed by atoms with van der Waals surface area (Å²) in [5.74, 6) is -0.0633. The number of alkyl halides is 2. The van der Waals surface area contributed by atoms with E-state index in [-0.39, 0.29) is 30.1 Å². The van der Waals surface area contributed by atoms with Crippen LogP contribution in [-0.4, -0.2) is 12.5 Å². The summed E-state index contributed by atoms with van der Waals surface area (Å²) < 4.78 is 28.9. The molecule has 0 spiro atoms. The van der Waals surface area contributed by atoms with Gasteiger partial charge in [-0.1, -0.05) is 30.3 Å². The topological polar surface area (TPSA) is 64.4 Å². The Bertz CT molecular complexity index is 698. The van der Waals surface area contributed by atoms with E-state index in [0.717, 1.165) is 5.56 Å². The SMILES string of the molecule is CC(NC(=O)CCc1ccccc1N)c1cccc(OC(F)F)c1.Cl. The van der Waals surface area contributed by atoms with Crippen LogP contribution in [0.4, 0.5) is 14.5 Å². The van der Waals surface area contributed by atoms with E-state index in [1.807, 2.05) is 18.2 Å². The first kappa shape index (κ1) is 20.7. The van der Waals surface area contributed by atoms with E-state index in [1.165, 1.54) is 12.1 Å². The molecular weight excluding hydrogens is 350 g/mol. The zero-order valence-electron chi connectivity index (χ0n) is 13.7. The van der Waals surface area contributed by atoms with Gasteiger partial charge in [-0.3, -0.25) is 4.79 Å². The number of carbonyl (C=O) groups is 1. The molecule has 0 aliphatic carbocycles. The number of anilines is 1. The predicted octanol–water partition coefficient (Wildman–Crippen LogP) is 4.10. The first-order valence-corrected chi connectivity index (χ1v) is 7.63. The number of rotatable bonds is 7. The van der Waals surface area contributed by atoms with Crippen molar-refractivity contribution >= 4 is 24.0 Å². The maximum Gasteiger partial charge on any atom is 0.387 e. The van der Waals surface area contributed by atoms with Crippen LogP contribution in [0.5, 0.6) is 5.75 Å². The molecule has 136 valence electrons. The molecule has 0 aliphatic heterocycles. The van der Waals surface area contributed by atoms with E-state index in [4.69, 9.17) is 5.73 Å². The van der Waals surface area contributed by atoms with Gasteiger partial charge in [0.25, 0.3) is 0 Å². The van der Waals surface area contributed by atoms with Gasteiger partial charge in [-0.15, -0.1) is 12.4 Å². The van der Waals surface area contributed by atoms with Crippen molar-refractivity contribution < 1.29 is 18.3 Å². The fraction of sp³-hybridized carbons (Fsp3) is 0.278. The van der Waals surface area contributed by atoms with Crippen LogP contribution in [0.1, 0.15) is 30.5 Å². The summed E-state index contributed by atoms with van der Waals surface area (Å²) in [4.78, 5) is 12.1. The van der Waals surface area contributed by atoms with Crippen LogP contribution < -0.4 is 15.8 Å². The highest BCUT2D eigenvalue weighted by molar-refractivity contribution is 5.85. The van der Waals surface area contributed by atoms with Crippen molar-refractivity contribution in [2.24, 2.45) is 0 Å². The maximum absolute atomic E-state index is 12.3. The van der Waals surface area contributed by atoms with Crippen LogP contribution in [0.25, 0.3) is 0 Å². The molecule has 1 amide bonds. The van der Waals surface area contributed by atoms with E-state index < -0.39 is 6.61 Å². The zero-order valence-corrected chi connectivity index (χ0v) is 14.6. The zero-order chi connectivity index (χ0) is 17.5. The number of para-hydroxylation sites is 1. The lowest BCUT2D eigenvalue weighted by Gasteiger charge is -2.16. The summed E-state index contributed by atoms with van der Waals surface area (Å²) in [6, 6.07) is 13.4. The number of ether oxygens (including phenoxy) is 1. The lowest BCUT2D eigenvalue weighted by atomic mass is 10.1. The fourth-order valence-corrected chi connectivity index (χ4v) is 2.37. The van der Waals surface area contributed by atoms with Gasteiger partial charge in [-0.25, -0.2) is 0 Å². The van der Waals surface area contributed by atoms with Gasteiger partial charge in [-0.2, -0.15) is 8.78 Å². The molecule has 0 fully saturated rings. The molecule has 1 unspecified atom stereocenters. The number of nitrogens with two attached hydrogens (primary N) is 1. The number of halogens is 3. The van der Waals surface area contributed by atoms with Crippen molar-refractivity contribution in [3.05, 3.63) is 59.7 Å². The van der Waals surface area contributed by atoms with Gasteiger partial charge in [0.05, 0.1) is 6.04 Å². The highest BCUT2D eigenvalue weighted by atomic mass is 35.5. The molecule has 3 N–H and O–H groups in total. The Morgan fingerprint density at radius 2 is 1.92 bits per heavy atom. The lowest BCUT2D eigenvalue weighted by Crippen LogP contribution is -2.26. The molecule has 0 aliphatic rings. The second-order valence-electron chi connectivity index (χ2n) is 5.44. The highest BCUT2D eigenvalue weighted by Crippen LogP contribution is 2.21. The average molecular weight is 371 g/mol. The Balaban J connectivity index is 0.00000312. The summed E-state index contributed by atoms with van der Waals surface area (Å²) in [7, 11) is 0. The molecular formula is C18H21ClF2N2O2. The van der Waals surface area contributed by atoms with Crippen molar-refractivity contribution in [2.75, 3.05) is 5.73 Å². The van der Waals surface area contributed by atoms with Gasteiger partial charge in [0.15, 0.2) is 0 Å². The van der Waals surface area contributed by atoms with E-state index in [0.29, 0.717) is 24.1 Å². The summed E-state index contributed by atoms with van der Waals surface area (Å²) in [5, 5.41) is 2.84. The maximum atomic E-state index is 12.3. The Labute approximate surface area is 151 Å². The third-order valence-corrected chi connectivity index (χ3v) is 3.64. The van der Waals surface area contributed by atoms with Crippen LogP contribution in [0.2, 0.25) is 0 Å². The van der Waals surface area contributed by atoms with Crippen molar-refractivity contribution in [1.29, 1.82) is 0 Å². The van der Waals surface area contributed by atoms with Crippen LogP contribution in [0.3, 0.4) is 0 Å². The van der Waals surface area contributed by atoms with Gasteiger partial charge in [0, 0.05) is 12.1 Å². The molecule has 0 radical (unpaired) electrons. The van der Waals surface area contributed by atoms with E-state index in [9.17, 15) is 13.6 Å². The summed E-state index contributed by atoms with van der Waals surface area (Å²) in [6.07, 6.45) is 0.839. The normalized spacial score (nSPS) is 11.5. The third kappa shape index (κ3) is 6.58. The van der Waals surface area contributed by atoms with Crippen molar-refractivity contribution in [2.45, 2.75) is 32.4 Å². The van der Waals surface area contributed by atoms with E-state index in [1.54, 1.807) is 25.1 Å². The second-order valence-corrected chi connectivity index (χ2v) is 5.44. The van der Waals surface area contributed by atoms with Gasteiger partial charge >= 0.3 is 6.61 Å². The number of amides is 1. The van der Waals surface area contributed by atoms with E-state index >= 15 is 0 Å². The molecule has 4 nitrogen and oxygen atoms in total. The first-order valence-electron chi connectivity index (χ1n) is 7.63. The Hall–Kier alpha value is -2.34. The number of nitrogen functional groups attached to an aromatic ring is 1. The molecule has 0 heterocycles. The molecule has 2 aromatic rings. The lowest BCUT2D eigenvalue weighted by molar-refractivity contribution is -0.121. The molecule has 25 heavy (non-hydrogen) atoms. The van der Waals surface area contributed by atoms with Crippen LogP contribution in [-0.2, 0) is 11.2 Å². The summed E-state index contributed by atoms with van der Waals surface area (Å²) >= 11 is 0. The van der Waals surface area contributed by atoms with Crippen molar-refractivity contribution in [3.63, 3.8) is 0 Å². The number of aryl methyl sites for hydroxylation is 1. The third-order valence-electron chi connectivity index (χ3n) is 3.64. The minimum absolute atomic E-state index is 0. The van der Waals surface area contributed by atoms with Gasteiger partial charge in [-0.05, 0) is 42.7 Å². The second kappa shape index (κ2) is 9.84. The number of nitrogens with one attached hydrogen (secondary N) is 1. The number of benzene rings is 2. The van der Waals surface area contributed by atoms with Crippen LogP contribution in [0, 0.1) is 0 Å². The van der Waals surface area contributed by atoms with Crippen molar-refractivity contribution in [3.8, 4) is 5.75 Å². The number of hydrogen-bond donors (Lipinski definition) is 2. The highest BCUT2D eigenvalue weighted by Gasteiger charge is 2.12. The molecule has 1 atom stereocenters. The minimum atomic E-state index is -2.87. The average Bonchev–Trinajstić information content (AvgIpc) is 2.53. The minimum Gasteiger partial charge on any atom is -0.435 e. The molecule has 0 saturated heterocycles. The molecule has 7 heteroatoms. The van der Waals surface area contributed by atoms with Crippen LogP contribution >= 0.6 is 12.4 Å². The van der Waals surface area contributed by atoms with E-state index in [2.05, 4.69) is 10.1 Å². The number of hydrogen-bond acceptors (Lipinski definition) is 3. The molecule has 0 aromatic heterocycles. The fourth-order valence-electron chi connectivity index (χ4n) is 2.37. The smallest absolute Gasteiger partial charge is 0.387 e. The monoisotopic (exact) mass is 370 g/mol.